The summed E-state index contributed by atoms with van der Waals surface area (Å²) in [5.74, 6) is -0.418. The molecule has 1 unspecified atom stereocenters. The first kappa shape index (κ1) is 19.6. The summed E-state index contributed by atoms with van der Waals surface area (Å²) in [7, 11) is -2.52. The molecule has 5 nitrogen and oxygen atoms in total. The van der Waals surface area contributed by atoms with E-state index in [9.17, 15) is 13.2 Å². The maximum atomic E-state index is 12.5. The predicted octanol–water partition coefficient (Wildman–Crippen LogP) is 2.85. The molecule has 0 aliphatic rings. The number of methoxy groups -OCH3 is 1. The summed E-state index contributed by atoms with van der Waals surface area (Å²) in [6, 6.07) is 5.83. The molecule has 1 rings (SSSR count). The van der Waals surface area contributed by atoms with Gasteiger partial charge < -0.3 is 4.74 Å². The normalized spacial score (nSPS) is 13.9. The van der Waals surface area contributed by atoms with Crippen LogP contribution in [0.4, 0.5) is 0 Å². The zero-order chi connectivity index (χ0) is 17.8. The fourth-order valence-corrected chi connectivity index (χ4v) is 3.39. The minimum absolute atomic E-state index is 0.0537. The maximum absolute atomic E-state index is 12.5. The van der Waals surface area contributed by atoms with Gasteiger partial charge >= 0.3 is 5.97 Å². The molecule has 0 aliphatic carbocycles. The van der Waals surface area contributed by atoms with Crippen molar-refractivity contribution in [3.05, 3.63) is 29.8 Å². The fourth-order valence-electron chi connectivity index (χ4n) is 2.20. The lowest BCUT2D eigenvalue weighted by Gasteiger charge is -2.20. The van der Waals surface area contributed by atoms with E-state index in [1.807, 2.05) is 13.8 Å². The standard InChI is InChI=1S/C17H27NO4S/c1-12(2)11-15(16(19)22-6)18-23(20,21)14-9-7-13(8-10-14)17(3,4)5/h7-10,12,15,18H,11H2,1-6H3. The lowest BCUT2D eigenvalue weighted by molar-refractivity contribution is -0.143. The second kappa shape index (κ2) is 7.45. The highest BCUT2D eigenvalue weighted by molar-refractivity contribution is 7.89. The third-order valence-corrected chi connectivity index (χ3v) is 5.01. The maximum Gasteiger partial charge on any atom is 0.323 e. The largest absolute Gasteiger partial charge is 0.468 e. The van der Waals surface area contributed by atoms with Gasteiger partial charge in [0.05, 0.1) is 12.0 Å². The Hall–Kier alpha value is -1.40. The van der Waals surface area contributed by atoms with Crippen LogP contribution in [-0.2, 0) is 25.0 Å². The highest BCUT2D eigenvalue weighted by Gasteiger charge is 2.27. The molecule has 0 fully saturated rings. The van der Waals surface area contributed by atoms with E-state index in [0.29, 0.717) is 6.42 Å². The highest BCUT2D eigenvalue weighted by atomic mass is 32.2. The molecular formula is C17H27NO4S. The summed E-state index contributed by atoms with van der Waals surface area (Å²) in [5.41, 5.74) is 0.991. The van der Waals surface area contributed by atoms with Gasteiger partial charge in [0.25, 0.3) is 0 Å². The van der Waals surface area contributed by atoms with E-state index >= 15 is 0 Å². The van der Waals surface area contributed by atoms with Crippen LogP contribution in [0.15, 0.2) is 29.2 Å². The molecule has 0 bridgehead atoms. The zero-order valence-corrected chi connectivity index (χ0v) is 15.5. The Bertz CT molecular complexity index is 628. The summed E-state index contributed by atoms with van der Waals surface area (Å²) in [6.45, 7) is 10.0. The molecule has 0 spiro atoms. The Kier molecular flexibility index (Phi) is 6.36. The van der Waals surface area contributed by atoms with Crippen molar-refractivity contribution in [2.24, 2.45) is 5.92 Å². The monoisotopic (exact) mass is 341 g/mol. The molecule has 0 saturated heterocycles. The Morgan fingerprint density at radius 1 is 1.17 bits per heavy atom. The number of hydrogen-bond donors (Lipinski definition) is 1. The summed E-state index contributed by atoms with van der Waals surface area (Å²) < 4.78 is 32.1. The van der Waals surface area contributed by atoms with Gasteiger partial charge in [-0.25, -0.2) is 8.42 Å². The number of nitrogens with one attached hydrogen (secondary N) is 1. The number of hydrogen-bond acceptors (Lipinski definition) is 4. The average Bonchev–Trinajstić information content (AvgIpc) is 2.44. The molecule has 0 amide bonds. The molecule has 1 atom stereocenters. The molecule has 0 heterocycles. The molecule has 0 aliphatic heterocycles. The molecule has 1 N–H and O–H groups in total. The lowest BCUT2D eigenvalue weighted by Crippen LogP contribution is -2.42. The van der Waals surface area contributed by atoms with Crippen molar-refractivity contribution in [3.63, 3.8) is 0 Å². The van der Waals surface area contributed by atoms with E-state index in [1.54, 1.807) is 24.3 Å². The van der Waals surface area contributed by atoms with Crippen molar-refractivity contribution in [1.29, 1.82) is 0 Å². The third-order valence-electron chi connectivity index (χ3n) is 3.52. The molecular weight excluding hydrogens is 314 g/mol. The van der Waals surface area contributed by atoms with Crippen LogP contribution in [0.25, 0.3) is 0 Å². The Balaban J connectivity index is 3.03. The molecule has 130 valence electrons. The van der Waals surface area contributed by atoms with Crippen LogP contribution in [0.1, 0.15) is 46.6 Å². The van der Waals surface area contributed by atoms with Gasteiger partial charge in [0.2, 0.25) is 10.0 Å². The second-order valence-corrected chi connectivity index (χ2v) is 8.81. The van der Waals surface area contributed by atoms with Gasteiger partial charge in [0.15, 0.2) is 0 Å². The Morgan fingerprint density at radius 2 is 1.70 bits per heavy atom. The predicted molar refractivity (Wildman–Crippen MR) is 90.7 cm³/mol. The second-order valence-electron chi connectivity index (χ2n) is 7.10. The van der Waals surface area contributed by atoms with Crippen LogP contribution >= 0.6 is 0 Å². The van der Waals surface area contributed by atoms with Crippen LogP contribution in [0.3, 0.4) is 0 Å². The van der Waals surface area contributed by atoms with Crippen molar-refractivity contribution in [2.75, 3.05) is 7.11 Å². The van der Waals surface area contributed by atoms with Crippen LogP contribution in [0.2, 0.25) is 0 Å². The first-order valence-corrected chi connectivity index (χ1v) is 9.16. The SMILES string of the molecule is COC(=O)C(CC(C)C)NS(=O)(=O)c1ccc(C(C)(C)C)cc1. The molecule has 23 heavy (non-hydrogen) atoms. The number of carbonyl (C=O) groups is 1. The minimum atomic E-state index is -3.77. The van der Waals surface area contributed by atoms with Crippen molar-refractivity contribution in [3.8, 4) is 0 Å². The van der Waals surface area contributed by atoms with E-state index in [-0.39, 0.29) is 16.2 Å². The smallest absolute Gasteiger partial charge is 0.323 e. The Morgan fingerprint density at radius 3 is 2.09 bits per heavy atom. The quantitative estimate of drug-likeness (QED) is 0.808. The van der Waals surface area contributed by atoms with E-state index in [4.69, 9.17) is 4.74 Å². The van der Waals surface area contributed by atoms with Gasteiger partial charge in [-0.1, -0.05) is 46.8 Å². The first-order valence-electron chi connectivity index (χ1n) is 7.68. The van der Waals surface area contributed by atoms with Gasteiger partial charge in [-0.15, -0.1) is 0 Å². The van der Waals surface area contributed by atoms with Gasteiger partial charge in [-0.3, -0.25) is 4.79 Å². The minimum Gasteiger partial charge on any atom is -0.468 e. The molecule has 6 heteroatoms. The fraction of sp³-hybridized carbons (Fsp3) is 0.588. The summed E-state index contributed by atoms with van der Waals surface area (Å²) >= 11 is 0. The van der Waals surface area contributed by atoms with Crippen LogP contribution in [-0.4, -0.2) is 27.5 Å². The number of benzene rings is 1. The highest BCUT2D eigenvalue weighted by Crippen LogP contribution is 2.23. The molecule has 0 aromatic heterocycles. The summed E-state index contributed by atoms with van der Waals surface area (Å²) in [4.78, 5) is 11.9. The number of rotatable bonds is 6. The number of carbonyl (C=O) groups excluding carboxylic acids is 1. The van der Waals surface area contributed by atoms with Crippen molar-refractivity contribution >= 4 is 16.0 Å². The van der Waals surface area contributed by atoms with Crippen LogP contribution < -0.4 is 4.72 Å². The molecule has 0 saturated carbocycles. The first-order chi connectivity index (χ1) is 10.5. The average molecular weight is 341 g/mol. The van der Waals surface area contributed by atoms with E-state index < -0.39 is 22.0 Å². The number of esters is 1. The van der Waals surface area contributed by atoms with Crippen molar-refractivity contribution in [2.45, 2.75) is 57.4 Å². The van der Waals surface area contributed by atoms with Gasteiger partial charge in [-0.2, -0.15) is 4.72 Å². The topological polar surface area (TPSA) is 72.5 Å². The number of ether oxygens (including phenoxy) is 1. The number of sulfonamides is 1. The van der Waals surface area contributed by atoms with Crippen LogP contribution in [0.5, 0.6) is 0 Å². The Labute approximate surface area is 139 Å². The molecule has 0 radical (unpaired) electrons. The van der Waals surface area contributed by atoms with Gasteiger partial charge in [0.1, 0.15) is 6.04 Å². The van der Waals surface area contributed by atoms with E-state index in [1.165, 1.54) is 7.11 Å². The molecule has 1 aromatic rings. The molecule has 1 aromatic carbocycles. The third kappa shape index (κ3) is 5.62. The van der Waals surface area contributed by atoms with Crippen molar-refractivity contribution < 1.29 is 17.9 Å². The van der Waals surface area contributed by atoms with Gasteiger partial charge in [0, 0.05) is 0 Å². The zero-order valence-electron chi connectivity index (χ0n) is 14.7. The van der Waals surface area contributed by atoms with Crippen LogP contribution in [0, 0.1) is 5.92 Å². The summed E-state index contributed by atoms with van der Waals surface area (Å²) in [5, 5.41) is 0. The van der Waals surface area contributed by atoms with Gasteiger partial charge in [-0.05, 0) is 35.4 Å². The van der Waals surface area contributed by atoms with E-state index in [0.717, 1.165) is 5.56 Å². The van der Waals surface area contributed by atoms with E-state index in [2.05, 4.69) is 25.5 Å². The lowest BCUT2D eigenvalue weighted by atomic mass is 9.87. The van der Waals surface area contributed by atoms with Crippen molar-refractivity contribution in [1.82, 2.24) is 4.72 Å². The summed E-state index contributed by atoms with van der Waals surface area (Å²) in [6.07, 6.45) is 0.381.